The summed E-state index contributed by atoms with van der Waals surface area (Å²) >= 11 is 0. The van der Waals surface area contributed by atoms with Crippen LogP contribution in [0.4, 0.5) is 13.2 Å². The maximum atomic E-state index is 11.8. The summed E-state index contributed by atoms with van der Waals surface area (Å²) in [5.41, 5.74) is -5.26. The van der Waals surface area contributed by atoms with Gasteiger partial charge in [0.25, 0.3) is 0 Å². The lowest BCUT2D eigenvalue weighted by atomic mass is 10.3. The summed E-state index contributed by atoms with van der Waals surface area (Å²) in [6.07, 6.45) is -0.202. The average molecular weight is 219 g/mol. The fourth-order valence-electron chi connectivity index (χ4n) is 0.910. The molecule has 1 rings (SSSR count). The largest absolute Gasteiger partial charge is 0.511 e. The van der Waals surface area contributed by atoms with Crippen molar-refractivity contribution < 1.29 is 26.3 Å². The third kappa shape index (κ3) is 2.55. The van der Waals surface area contributed by atoms with E-state index < -0.39 is 21.8 Å². The zero-order valence-corrected chi connectivity index (χ0v) is 7.28. The van der Waals surface area contributed by atoms with Gasteiger partial charge in [-0.25, -0.2) is 8.42 Å². The number of sulfonamides is 1. The molecule has 0 aliphatic carbocycles. The molecular weight excluding hydrogens is 211 g/mol. The molecule has 0 radical (unpaired) electrons. The number of alkyl halides is 3. The predicted molar refractivity (Wildman–Crippen MR) is 37.1 cm³/mol. The Kier molecular flexibility index (Phi) is 2.83. The quantitative estimate of drug-likeness (QED) is 0.738. The van der Waals surface area contributed by atoms with E-state index in [2.05, 4.69) is 0 Å². The molecule has 8 heteroatoms. The molecule has 4 nitrogen and oxygen atoms in total. The lowest BCUT2D eigenvalue weighted by Crippen LogP contribution is -2.42. The summed E-state index contributed by atoms with van der Waals surface area (Å²) in [6, 6.07) is 0. The number of nitrogens with one attached hydrogen (secondary N) is 1. The fraction of sp³-hybridized carbons (Fsp3) is 1.00. The van der Waals surface area contributed by atoms with Crippen molar-refractivity contribution in [2.45, 2.75) is 24.6 Å². The Hall–Kier alpha value is -0.340. The third-order valence-corrected chi connectivity index (χ3v) is 2.70. The van der Waals surface area contributed by atoms with Crippen LogP contribution in [0.25, 0.3) is 0 Å². The van der Waals surface area contributed by atoms with Crippen LogP contribution in [-0.2, 0) is 14.8 Å². The number of halogens is 3. The van der Waals surface area contributed by atoms with Gasteiger partial charge in [0.05, 0.1) is 0 Å². The van der Waals surface area contributed by atoms with Gasteiger partial charge in [-0.15, -0.1) is 0 Å². The van der Waals surface area contributed by atoms with Crippen LogP contribution < -0.4 is 4.72 Å². The van der Waals surface area contributed by atoms with Gasteiger partial charge in [0.1, 0.15) is 6.23 Å². The van der Waals surface area contributed by atoms with Crippen LogP contribution in [0.1, 0.15) is 12.8 Å². The Bertz CT molecular complexity index is 267. The average Bonchev–Trinajstić information content (AvgIpc) is 2.35. The van der Waals surface area contributed by atoms with Crippen molar-refractivity contribution in [1.29, 1.82) is 0 Å². The summed E-state index contributed by atoms with van der Waals surface area (Å²) in [4.78, 5) is 0. The van der Waals surface area contributed by atoms with Gasteiger partial charge in [-0.2, -0.15) is 17.9 Å². The molecule has 1 saturated heterocycles. The molecule has 0 bridgehead atoms. The molecule has 1 aliphatic heterocycles. The molecule has 0 saturated carbocycles. The standard InChI is InChI=1S/C5H8F3NO3S/c6-5(7,8)13(10,11)9-4-2-1-3-12-4/h4,9H,1-3H2. The first-order valence-corrected chi connectivity index (χ1v) is 5.01. The maximum absolute atomic E-state index is 11.8. The zero-order valence-electron chi connectivity index (χ0n) is 6.47. The number of hydrogen-bond donors (Lipinski definition) is 1. The van der Waals surface area contributed by atoms with Gasteiger partial charge < -0.3 is 4.74 Å². The highest BCUT2D eigenvalue weighted by atomic mass is 32.2. The molecule has 0 spiro atoms. The van der Waals surface area contributed by atoms with E-state index in [1.165, 1.54) is 4.72 Å². The van der Waals surface area contributed by atoms with Crippen molar-refractivity contribution in [3.63, 3.8) is 0 Å². The van der Waals surface area contributed by atoms with Gasteiger partial charge >= 0.3 is 15.5 Å². The molecular formula is C5H8F3NO3S. The highest BCUT2D eigenvalue weighted by Gasteiger charge is 2.47. The summed E-state index contributed by atoms with van der Waals surface area (Å²) in [5, 5.41) is 0. The van der Waals surface area contributed by atoms with Crippen molar-refractivity contribution in [3.8, 4) is 0 Å². The van der Waals surface area contributed by atoms with Gasteiger partial charge in [-0.1, -0.05) is 0 Å². The lowest BCUT2D eigenvalue weighted by Gasteiger charge is -2.13. The molecule has 0 amide bonds. The molecule has 1 heterocycles. The molecule has 1 unspecified atom stereocenters. The first kappa shape index (κ1) is 10.7. The van der Waals surface area contributed by atoms with Crippen LogP contribution in [-0.4, -0.2) is 26.8 Å². The minimum absolute atomic E-state index is 0.273. The third-order valence-electron chi connectivity index (χ3n) is 1.52. The normalized spacial score (nSPS) is 25.0. The van der Waals surface area contributed by atoms with Crippen LogP contribution in [0.5, 0.6) is 0 Å². The van der Waals surface area contributed by atoms with Crippen molar-refractivity contribution >= 4 is 10.0 Å². The van der Waals surface area contributed by atoms with E-state index in [1.807, 2.05) is 0 Å². The monoisotopic (exact) mass is 219 g/mol. The minimum atomic E-state index is -5.26. The highest BCUT2D eigenvalue weighted by molar-refractivity contribution is 7.90. The van der Waals surface area contributed by atoms with E-state index >= 15 is 0 Å². The molecule has 1 aliphatic rings. The predicted octanol–water partition coefficient (Wildman–Crippen LogP) is 0.562. The van der Waals surface area contributed by atoms with E-state index in [4.69, 9.17) is 4.74 Å². The van der Waals surface area contributed by atoms with Crippen LogP contribution in [0.15, 0.2) is 0 Å². The Labute approximate surface area is 73.1 Å². The smallest absolute Gasteiger partial charge is 0.362 e. The molecule has 78 valence electrons. The van der Waals surface area contributed by atoms with Crippen LogP contribution in [0, 0.1) is 0 Å². The van der Waals surface area contributed by atoms with Gasteiger partial charge in [0.2, 0.25) is 0 Å². The van der Waals surface area contributed by atoms with Gasteiger partial charge in [0.15, 0.2) is 0 Å². The first-order valence-electron chi connectivity index (χ1n) is 3.53. The maximum Gasteiger partial charge on any atom is 0.511 e. The van der Waals surface area contributed by atoms with Crippen molar-refractivity contribution in [2.75, 3.05) is 6.61 Å². The van der Waals surface area contributed by atoms with E-state index in [-0.39, 0.29) is 13.0 Å². The van der Waals surface area contributed by atoms with Gasteiger partial charge in [-0.3, -0.25) is 0 Å². The SMILES string of the molecule is O=S(=O)(NC1CCCO1)C(F)(F)F. The number of ether oxygens (including phenoxy) is 1. The topological polar surface area (TPSA) is 55.4 Å². The van der Waals surface area contributed by atoms with Crippen molar-refractivity contribution in [1.82, 2.24) is 4.72 Å². The number of rotatable bonds is 2. The summed E-state index contributed by atoms with van der Waals surface area (Å²) in [6.45, 7) is 0.283. The first-order chi connectivity index (χ1) is 5.83. The number of hydrogen-bond acceptors (Lipinski definition) is 3. The summed E-state index contributed by atoms with van der Waals surface area (Å²) < 4.78 is 62.4. The zero-order chi connectivity index (χ0) is 10.1. The molecule has 0 aromatic rings. The molecule has 0 aromatic heterocycles. The summed E-state index contributed by atoms with van der Waals surface area (Å²) in [7, 11) is -5.26. The fourth-order valence-corrected chi connectivity index (χ4v) is 1.58. The second kappa shape index (κ2) is 3.43. The molecule has 1 N–H and O–H groups in total. The second-order valence-electron chi connectivity index (χ2n) is 2.57. The van der Waals surface area contributed by atoms with E-state index in [1.54, 1.807) is 0 Å². The van der Waals surface area contributed by atoms with E-state index in [9.17, 15) is 21.6 Å². The van der Waals surface area contributed by atoms with Gasteiger partial charge in [-0.05, 0) is 12.8 Å². The summed E-state index contributed by atoms with van der Waals surface area (Å²) in [5.74, 6) is 0. The molecule has 1 fully saturated rings. The highest BCUT2D eigenvalue weighted by Crippen LogP contribution is 2.23. The molecule has 13 heavy (non-hydrogen) atoms. The Morgan fingerprint density at radius 1 is 1.38 bits per heavy atom. The van der Waals surface area contributed by atoms with E-state index in [0.29, 0.717) is 6.42 Å². The lowest BCUT2D eigenvalue weighted by molar-refractivity contribution is -0.0468. The van der Waals surface area contributed by atoms with Crippen molar-refractivity contribution in [3.05, 3.63) is 0 Å². The Morgan fingerprint density at radius 2 is 2.00 bits per heavy atom. The van der Waals surface area contributed by atoms with E-state index in [0.717, 1.165) is 0 Å². The second-order valence-corrected chi connectivity index (χ2v) is 4.27. The van der Waals surface area contributed by atoms with Gasteiger partial charge in [0, 0.05) is 6.61 Å². The van der Waals surface area contributed by atoms with Crippen molar-refractivity contribution in [2.24, 2.45) is 0 Å². The molecule has 0 aromatic carbocycles. The Balaban J connectivity index is 2.62. The van der Waals surface area contributed by atoms with Crippen LogP contribution in [0.3, 0.4) is 0 Å². The van der Waals surface area contributed by atoms with Crippen LogP contribution in [0.2, 0.25) is 0 Å². The minimum Gasteiger partial charge on any atom is -0.362 e. The Morgan fingerprint density at radius 3 is 2.38 bits per heavy atom. The molecule has 1 atom stereocenters. The van der Waals surface area contributed by atoms with Crippen LogP contribution >= 0.6 is 0 Å².